The van der Waals surface area contributed by atoms with E-state index in [0.717, 1.165) is 24.2 Å². The number of fused-ring (bicyclic) bond motifs is 7. The van der Waals surface area contributed by atoms with Crippen LogP contribution in [0.5, 0.6) is 0 Å². The van der Waals surface area contributed by atoms with Gasteiger partial charge in [0.05, 0.1) is 6.10 Å². The first-order valence-corrected chi connectivity index (χ1v) is 13.7. The van der Waals surface area contributed by atoms with Gasteiger partial charge in [0.2, 0.25) is 0 Å². The molecule has 5 aliphatic carbocycles. The van der Waals surface area contributed by atoms with Gasteiger partial charge < -0.3 is 5.11 Å². The highest BCUT2D eigenvalue weighted by Gasteiger charge is 2.69. The molecule has 0 bridgehead atoms. The lowest BCUT2D eigenvalue weighted by atomic mass is 9.34. The second-order valence-corrected chi connectivity index (χ2v) is 14.6. The molecule has 32 heavy (non-hydrogen) atoms. The van der Waals surface area contributed by atoms with Crippen LogP contribution in [0.15, 0.2) is 11.6 Å². The van der Waals surface area contributed by atoms with Crippen LogP contribution in [0, 0.1) is 56.7 Å². The Morgan fingerprint density at radius 3 is 2.19 bits per heavy atom. The fourth-order valence-corrected chi connectivity index (χ4v) is 11.1. The van der Waals surface area contributed by atoms with Crippen LogP contribution in [0.25, 0.3) is 0 Å². The van der Waals surface area contributed by atoms with E-state index in [2.05, 4.69) is 61.5 Å². The number of carbonyl (C=O) groups excluding carboxylic acids is 1. The van der Waals surface area contributed by atoms with E-state index in [0.29, 0.717) is 23.5 Å². The van der Waals surface area contributed by atoms with Gasteiger partial charge in [-0.2, -0.15) is 0 Å². The summed E-state index contributed by atoms with van der Waals surface area (Å²) in [7, 11) is 0. The molecule has 0 aromatic carbocycles. The predicted octanol–water partition coefficient (Wildman–Crippen LogP) is 7.20. The molecule has 180 valence electrons. The van der Waals surface area contributed by atoms with Crippen molar-refractivity contribution in [1.82, 2.24) is 0 Å². The lowest BCUT2D eigenvalue weighted by molar-refractivity contribution is -0.191. The fraction of sp³-hybridized carbons (Fsp3) is 0.900. The maximum atomic E-state index is 13.7. The van der Waals surface area contributed by atoms with Crippen molar-refractivity contribution in [1.29, 1.82) is 0 Å². The van der Waals surface area contributed by atoms with Crippen molar-refractivity contribution in [3.05, 3.63) is 11.6 Å². The lowest BCUT2D eigenvalue weighted by Gasteiger charge is -2.70. The minimum Gasteiger partial charge on any atom is -0.392 e. The Labute approximate surface area is 197 Å². The zero-order chi connectivity index (χ0) is 23.5. The van der Waals surface area contributed by atoms with Gasteiger partial charge in [-0.05, 0) is 96.2 Å². The van der Waals surface area contributed by atoms with E-state index in [1.165, 1.54) is 38.5 Å². The van der Waals surface area contributed by atoms with Crippen molar-refractivity contribution in [2.24, 2.45) is 56.7 Å². The molecule has 4 fully saturated rings. The topological polar surface area (TPSA) is 37.3 Å². The summed E-state index contributed by atoms with van der Waals surface area (Å²) in [6.45, 7) is 19.5. The molecule has 5 rings (SSSR count). The molecule has 0 spiro atoms. The average molecular weight is 441 g/mol. The highest BCUT2D eigenvalue weighted by Crippen LogP contribution is 2.74. The first kappa shape index (κ1) is 23.1. The van der Waals surface area contributed by atoms with Crippen LogP contribution >= 0.6 is 0 Å². The summed E-state index contributed by atoms with van der Waals surface area (Å²) in [5.41, 5.74) is 2.06. The second kappa shape index (κ2) is 6.73. The Kier molecular flexibility index (Phi) is 4.87. The summed E-state index contributed by atoms with van der Waals surface area (Å²) in [5.74, 6) is 3.37. The molecule has 0 aromatic heterocycles. The molecule has 2 nitrogen and oxygen atoms in total. The van der Waals surface area contributed by atoms with Crippen molar-refractivity contribution in [3.63, 3.8) is 0 Å². The van der Waals surface area contributed by atoms with Crippen LogP contribution in [-0.4, -0.2) is 17.0 Å². The second-order valence-electron chi connectivity index (χ2n) is 14.6. The quantitative estimate of drug-likeness (QED) is 0.404. The van der Waals surface area contributed by atoms with Crippen LogP contribution in [0.1, 0.15) is 107 Å². The Morgan fingerprint density at radius 2 is 1.50 bits per heavy atom. The van der Waals surface area contributed by atoms with Crippen molar-refractivity contribution >= 4 is 5.78 Å². The normalized spacial score (nSPS) is 56.9. The molecular weight excluding hydrogens is 392 g/mol. The van der Waals surface area contributed by atoms with Gasteiger partial charge in [0.25, 0.3) is 0 Å². The van der Waals surface area contributed by atoms with E-state index >= 15 is 0 Å². The third-order valence-electron chi connectivity index (χ3n) is 12.9. The van der Waals surface area contributed by atoms with Gasteiger partial charge in [-0.25, -0.2) is 0 Å². The Balaban J connectivity index is 1.60. The number of carbonyl (C=O) groups is 1. The molecule has 10 atom stereocenters. The standard InChI is InChI=1S/C30H48O2/c1-18-9-13-27(5)14-10-21-28(6)15-11-20-26(3,4)23(31)17-24(32)30(20,8)22(28)12-16-29(21,7)25(27)19(18)2/h10,18-20,22-23,25,31H,9,11-17H2,1-8H3/t18-,19+,20+,22+,23+,25-,27-,28+,29-,30+/m1/s1. The minimum absolute atomic E-state index is 0.119. The summed E-state index contributed by atoms with van der Waals surface area (Å²) < 4.78 is 0. The van der Waals surface area contributed by atoms with Crippen molar-refractivity contribution in [3.8, 4) is 0 Å². The summed E-state index contributed by atoms with van der Waals surface area (Å²) in [6.07, 6.45) is 11.1. The number of hydrogen-bond acceptors (Lipinski definition) is 2. The van der Waals surface area contributed by atoms with Gasteiger partial charge in [0.15, 0.2) is 0 Å². The van der Waals surface area contributed by atoms with Crippen molar-refractivity contribution in [2.75, 3.05) is 0 Å². The number of Topliss-reactive ketones (excluding diaryl/α,β-unsaturated/α-hetero) is 1. The largest absolute Gasteiger partial charge is 0.392 e. The van der Waals surface area contributed by atoms with E-state index in [1.807, 2.05) is 0 Å². The molecule has 0 aliphatic heterocycles. The zero-order valence-electron chi connectivity index (χ0n) is 22.1. The molecule has 0 unspecified atom stereocenters. The first-order chi connectivity index (χ1) is 14.7. The summed E-state index contributed by atoms with van der Waals surface area (Å²) in [6, 6.07) is 0. The number of aliphatic hydroxyl groups is 1. The molecule has 0 aromatic rings. The van der Waals surface area contributed by atoms with Crippen LogP contribution in [0.3, 0.4) is 0 Å². The van der Waals surface area contributed by atoms with Crippen LogP contribution in [0.4, 0.5) is 0 Å². The van der Waals surface area contributed by atoms with E-state index < -0.39 is 6.10 Å². The average Bonchev–Trinajstić information content (AvgIpc) is 2.69. The number of ketones is 1. The lowest BCUT2D eigenvalue weighted by Crippen LogP contribution is -2.66. The zero-order valence-corrected chi connectivity index (χ0v) is 22.1. The highest BCUT2D eigenvalue weighted by molar-refractivity contribution is 5.87. The molecule has 4 saturated carbocycles. The van der Waals surface area contributed by atoms with Gasteiger partial charge in [0.1, 0.15) is 5.78 Å². The van der Waals surface area contributed by atoms with Crippen molar-refractivity contribution < 1.29 is 9.90 Å². The molecule has 0 heterocycles. The van der Waals surface area contributed by atoms with Gasteiger partial charge in [-0.15, -0.1) is 0 Å². The fourth-order valence-electron chi connectivity index (χ4n) is 11.1. The number of hydrogen-bond donors (Lipinski definition) is 1. The number of rotatable bonds is 0. The third kappa shape index (κ3) is 2.60. The van der Waals surface area contributed by atoms with E-state index in [9.17, 15) is 9.90 Å². The molecule has 0 saturated heterocycles. The van der Waals surface area contributed by atoms with Crippen LogP contribution < -0.4 is 0 Å². The van der Waals surface area contributed by atoms with Crippen LogP contribution in [0.2, 0.25) is 0 Å². The maximum absolute atomic E-state index is 13.7. The Bertz CT molecular complexity index is 855. The maximum Gasteiger partial charge on any atom is 0.141 e. The summed E-state index contributed by atoms with van der Waals surface area (Å²) in [5, 5.41) is 10.8. The molecule has 5 aliphatic rings. The first-order valence-electron chi connectivity index (χ1n) is 13.7. The smallest absolute Gasteiger partial charge is 0.141 e. The van der Waals surface area contributed by atoms with Gasteiger partial charge >= 0.3 is 0 Å². The van der Waals surface area contributed by atoms with Crippen molar-refractivity contribution in [2.45, 2.75) is 113 Å². The van der Waals surface area contributed by atoms with Gasteiger partial charge in [-0.3, -0.25) is 4.79 Å². The summed E-state index contributed by atoms with van der Waals surface area (Å²) in [4.78, 5) is 13.7. The predicted molar refractivity (Wildman–Crippen MR) is 131 cm³/mol. The molecule has 0 radical (unpaired) electrons. The molecule has 1 N–H and O–H groups in total. The SMILES string of the molecule is C[C@H]1[C@H](C)CC[C@]2(C)CC=C3[C@]4(C)CC[C@H]5C(C)(C)[C@@H](O)CC(=O)[C@]5(C)[C@H]4CC[C@@]3(C)[C@H]12. The van der Waals surface area contributed by atoms with Gasteiger partial charge in [-0.1, -0.05) is 67.0 Å². The Morgan fingerprint density at radius 1 is 0.875 bits per heavy atom. The van der Waals surface area contributed by atoms with E-state index in [4.69, 9.17) is 0 Å². The number of allylic oxidation sites excluding steroid dienone is 2. The van der Waals surface area contributed by atoms with Crippen LogP contribution in [-0.2, 0) is 4.79 Å². The van der Waals surface area contributed by atoms with E-state index in [1.54, 1.807) is 5.57 Å². The Hall–Kier alpha value is -0.630. The highest BCUT2D eigenvalue weighted by atomic mass is 16.3. The van der Waals surface area contributed by atoms with Gasteiger partial charge in [0, 0.05) is 11.8 Å². The molecule has 2 heteroatoms. The molecular formula is C30H48O2. The monoisotopic (exact) mass is 440 g/mol. The minimum atomic E-state index is -0.495. The number of aliphatic hydroxyl groups excluding tert-OH is 1. The summed E-state index contributed by atoms with van der Waals surface area (Å²) >= 11 is 0. The van der Waals surface area contributed by atoms with E-state index in [-0.39, 0.29) is 27.6 Å². The molecule has 0 amide bonds. The third-order valence-corrected chi connectivity index (χ3v) is 12.9.